The largest absolute Gasteiger partial charge is 0.372 e. The number of hydrogen-bond acceptors (Lipinski definition) is 6. The minimum Gasteiger partial charge on any atom is -0.372 e. The molecule has 0 aliphatic carbocycles. The zero-order valence-electron chi connectivity index (χ0n) is 14.3. The number of nitrogens with zero attached hydrogens (tertiary/aromatic N) is 4. The van der Waals surface area contributed by atoms with E-state index in [0.29, 0.717) is 17.5 Å². The number of ether oxygens (including phenoxy) is 1. The summed E-state index contributed by atoms with van der Waals surface area (Å²) in [6.45, 7) is 6.06. The van der Waals surface area contributed by atoms with Crippen LogP contribution in [0.25, 0.3) is 0 Å². The highest BCUT2D eigenvalue weighted by molar-refractivity contribution is 5.88. The number of aryl methyl sites for hydroxylation is 2. The van der Waals surface area contributed by atoms with E-state index in [4.69, 9.17) is 9.26 Å². The average Bonchev–Trinajstić information content (AvgIpc) is 3.20. The molecule has 0 saturated carbocycles. The quantitative estimate of drug-likeness (QED) is 0.886. The van der Waals surface area contributed by atoms with E-state index in [1.807, 2.05) is 6.07 Å². The van der Waals surface area contributed by atoms with Crippen molar-refractivity contribution in [3.63, 3.8) is 0 Å². The first-order valence-corrected chi connectivity index (χ1v) is 7.90. The van der Waals surface area contributed by atoms with Crippen LogP contribution in [0.4, 0.5) is 10.6 Å². The molecular formula is C15H22N6O3. The van der Waals surface area contributed by atoms with Crippen molar-refractivity contribution in [2.45, 2.75) is 45.3 Å². The van der Waals surface area contributed by atoms with Gasteiger partial charge in [-0.2, -0.15) is 10.1 Å². The van der Waals surface area contributed by atoms with Crippen LogP contribution in [0.2, 0.25) is 0 Å². The van der Waals surface area contributed by atoms with Gasteiger partial charge < -0.3 is 14.6 Å². The Morgan fingerprint density at radius 2 is 2.25 bits per heavy atom. The van der Waals surface area contributed by atoms with E-state index in [0.717, 1.165) is 25.1 Å². The minimum atomic E-state index is -0.790. The Morgan fingerprint density at radius 1 is 1.46 bits per heavy atom. The van der Waals surface area contributed by atoms with Crippen LogP contribution < -0.4 is 10.6 Å². The van der Waals surface area contributed by atoms with Gasteiger partial charge in [-0.05, 0) is 33.6 Å². The Balaban J connectivity index is 1.66. The number of aromatic nitrogens is 4. The number of anilines is 1. The number of amides is 2. The third-order valence-electron chi connectivity index (χ3n) is 3.89. The molecule has 0 spiro atoms. The molecule has 2 amide bonds. The predicted octanol–water partition coefficient (Wildman–Crippen LogP) is 2.02. The fourth-order valence-electron chi connectivity index (χ4n) is 2.61. The molecular weight excluding hydrogens is 312 g/mol. The molecule has 3 rings (SSSR count). The van der Waals surface area contributed by atoms with Crippen molar-refractivity contribution >= 4 is 11.8 Å². The molecule has 0 unspecified atom stereocenters. The normalized spacial score (nSPS) is 17.9. The fourth-order valence-corrected chi connectivity index (χ4v) is 2.61. The van der Waals surface area contributed by atoms with Crippen LogP contribution in [0.15, 0.2) is 10.6 Å². The van der Waals surface area contributed by atoms with E-state index in [9.17, 15) is 4.79 Å². The van der Waals surface area contributed by atoms with Crippen molar-refractivity contribution in [3.8, 4) is 0 Å². The topological polar surface area (TPSA) is 107 Å². The number of carbonyl (C=O) groups excluding carboxylic acids is 1. The second-order valence-electron chi connectivity index (χ2n) is 6.43. The first-order valence-electron chi connectivity index (χ1n) is 7.90. The van der Waals surface area contributed by atoms with Crippen LogP contribution in [0.3, 0.4) is 0 Å². The van der Waals surface area contributed by atoms with E-state index in [-0.39, 0.29) is 12.1 Å². The lowest BCUT2D eigenvalue weighted by atomic mass is 10.1. The second-order valence-corrected chi connectivity index (χ2v) is 6.43. The molecule has 130 valence electrons. The van der Waals surface area contributed by atoms with Gasteiger partial charge in [0.1, 0.15) is 17.5 Å². The van der Waals surface area contributed by atoms with Crippen molar-refractivity contribution in [1.82, 2.24) is 25.2 Å². The van der Waals surface area contributed by atoms with Crippen LogP contribution in [0.1, 0.15) is 50.2 Å². The SMILES string of the molecule is Cc1noc(C(C)(C)NC(=O)Nc2cc([C@@H]3CCCO3)nn2C)n1. The fraction of sp³-hybridized carbons (Fsp3) is 0.600. The molecule has 9 nitrogen and oxygen atoms in total. The Labute approximate surface area is 139 Å². The minimum absolute atomic E-state index is 0.00706. The summed E-state index contributed by atoms with van der Waals surface area (Å²) in [6.07, 6.45) is 1.99. The van der Waals surface area contributed by atoms with Gasteiger partial charge in [0.15, 0.2) is 5.82 Å². The Bertz CT molecular complexity index is 729. The maximum Gasteiger partial charge on any atom is 0.321 e. The van der Waals surface area contributed by atoms with Crippen molar-refractivity contribution in [1.29, 1.82) is 0 Å². The highest BCUT2D eigenvalue weighted by atomic mass is 16.5. The third kappa shape index (κ3) is 3.40. The van der Waals surface area contributed by atoms with Crippen LogP contribution in [-0.2, 0) is 17.3 Å². The molecule has 2 N–H and O–H groups in total. The van der Waals surface area contributed by atoms with Gasteiger partial charge >= 0.3 is 6.03 Å². The van der Waals surface area contributed by atoms with Crippen LogP contribution in [-0.4, -0.2) is 32.6 Å². The summed E-state index contributed by atoms with van der Waals surface area (Å²) in [4.78, 5) is 16.5. The molecule has 9 heteroatoms. The molecule has 3 heterocycles. The molecule has 1 aliphatic heterocycles. The first-order chi connectivity index (χ1) is 11.3. The molecule has 1 fully saturated rings. The first kappa shape index (κ1) is 16.4. The van der Waals surface area contributed by atoms with Crippen LogP contribution in [0, 0.1) is 6.92 Å². The standard InChI is InChI=1S/C15H22N6O3/c1-9-16-13(24-20-9)15(2,3)18-14(22)17-12-8-10(19-21(12)4)11-6-5-7-23-11/h8,11H,5-7H2,1-4H3,(H2,17,18,22)/t11-/m0/s1. The number of hydrogen-bond donors (Lipinski definition) is 2. The number of urea groups is 1. The van der Waals surface area contributed by atoms with Crippen LogP contribution in [0.5, 0.6) is 0 Å². The van der Waals surface area contributed by atoms with Gasteiger partial charge in [0.2, 0.25) is 0 Å². The summed E-state index contributed by atoms with van der Waals surface area (Å²) in [5.74, 6) is 1.46. The lowest BCUT2D eigenvalue weighted by Crippen LogP contribution is -2.43. The molecule has 1 aliphatic rings. The molecule has 1 atom stereocenters. The molecule has 0 bridgehead atoms. The number of carbonyl (C=O) groups is 1. The molecule has 1 saturated heterocycles. The van der Waals surface area contributed by atoms with Gasteiger partial charge in [-0.25, -0.2) is 4.79 Å². The maximum atomic E-state index is 12.3. The summed E-state index contributed by atoms with van der Waals surface area (Å²) in [6, 6.07) is 1.46. The Morgan fingerprint density at radius 3 is 2.88 bits per heavy atom. The summed E-state index contributed by atoms with van der Waals surface area (Å²) in [5, 5.41) is 13.8. The molecule has 24 heavy (non-hydrogen) atoms. The summed E-state index contributed by atoms with van der Waals surface area (Å²) >= 11 is 0. The third-order valence-corrected chi connectivity index (χ3v) is 3.89. The van der Waals surface area contributed by atoms with E-state index >= 15 is 0 Å². The van der Waals surface area contributed by atoms with Gasteiger partial charge in [0.05, 0.1) is 5.69 Å². The van der Waals surface area contributed by atoms with Gasteiger partial charge in [0, 0.05) is 19.7 Å². The van der Waals surface area contributed by atoms with E-state index in [2.05, 4.69) is 25.9 Å². The van der Waals surface area contributed by atoms with Gasteiger partial charge in [-0.3, -0.25) is 10.00 Å². The van der Waals surface area contributed by atoms with Gasteiger partial charge in [-0.1, -0.05) is 5.16 Å². The van der Waals surface area contributed by atoms with E-state index in [1.54, 1.807) is 32.5 Å². The molecule has 2 aromatic heterocycles. The summed E-state index contributed by atoms with van der Waals surface area (Å²) in [5.41, 5.74) is 0.0403. The molecule has 0 aromatic carbocycles. The van der Waals surface area contributed by atoms with Crippen molar-refractivity contribution in [2.24, 2.45) is 7.05 Å². The summed E-state index contributed by atoms with van der Waals surface area (Å²) in [7, 11) is 1.78. The average molecular weight is 334 g/mol. The smallest absolute Gasteiger partial charge is 0.321 e. The number of rotatable bonds is 4. The van der Waals surface area contributed by atoms with Crippen LogP contribution >= 0.6 is 0 Å². The lowest BCUT2D eigenvalue weighted by molar-refractivity contribution is 0.108. The van der Waals surface area contributed by atoms with E-state index < -0.39 is 5.54 Å². The van der Waals surface area contributed by atoms with Crippen molar-refractivity contribution in [3.05, 3.63) is 23.5 Å². The Hall–Kier alpha value is -2.42. The second kappa shape index (κ2) is 6.23. The van der Waals surface area contributed by atoms with Gasteiger partial charge in [0.25, 0.3) is 5.89 Å². The predicted molar refractivity (Wildman–Crippen MR) is 85.4 cm³/mol. The summed E-state index contributed by atoms with van der Waals surface area (Å²) < 4.78 is 12.4. The maximum absolute atomic E-state index is 12.3. The number of nitrogens with one attached hydrogen (secondary N) is 2. The highest BCUT2D eigenvalue weighted by Gasteiger charge is 2.30. The van der Waals surface area contributed by atoms with E-state index in [1.165, 1.54) is 0 Å². The van der Waals surface area contributed by atoms with Crippen molar-refractivity contribution < 1.29 is 14.1 Å². The zero-order valence-corrected chi connectivity index (χ0v) is 14.3. The molecule has 0 radical (unpaired) electrons. The Kier molecular flexibility index (Phi) is 4.27. The van der Waals surface area contributed by atoms with Gasteiger partial charge in [-0.15, -0.1) is 0 Å². The highest BCUT2D eigenvalue weighted by Crippen LogP contribution is 2.29. The lowest BCUT2D eigenvalue weighted by Gasteiger charge is -2.21. The monoisotopic (exact) mass is 334 g/mol. The zero-order chi connectivity index (χ0) is 17.3. The molecule has 2 aromatic rings. The van der Waals surface area contributed by atoms with Crippen molar-refractivity contribution in [2.75, 3.05) is 11.9 Å².